The molecule has 1 atom stereocenters. The first-order valence-electron chi connectivity index (χ1n) is 7.07. The molecule has 2 rings (SSSR count). The molecule has 1 amide bonds. The van der Waals surface area contributed by atoms with Crippen molar-refractivity contribution >= 4 is 41.2 Å². The van der Waals surface area contributed by atoms with Gasteiger partial charge in [-0.1, -0.05) is 55.1 Å². The average molecular weight is 354 g/mol. The van der Waals surface area contributed by atoms with E-state index in [-0.39, 0.29) is 11.2 Å². The first-order chi connectivity index (χ1) is 10.5. The van der Waals surface area contributed by atoms with Gasteiger partial charge in [-0.25, -0.2) is 4.68 Å². The van der Waals surface area contributed by atoms with Crippen LogP contribution in [0.5, 0.6) is 0 Å². The molecule has 0 radical (unpaired) electrons. The average Bonchev–Trinajstić information content (AvgIpc) is 2.86. The van der Waals surface area contributed by atoms with Crippen LogP contribution >= 0.6 is 35.3 Å². The number of carbonyl (C=O) groups excluding carboxylic acids is 1. The Morgan fingerprint density at radius 3 is 2.68 bits per heavy atom. The molecular formula is C15H19N3OS3. The summed E-state index contributed by atoms with van der Waals surface area (Å²) in [4.78, 5) is 12.0. The van der Waals surface area contributed by atoms with Crippen LogP contribution in [0.2, 0.25) is 0 Å². The zero-order valence-corrected chi connectivity index (χ0v) is 15.2. The van der Waals surface area contributed by atoms with Gasteiger partial charge in [-0.15, -0.1) is 5.10 Å². The molecule has 0 aliphatic rings. The molecule has 7 heteroatoms. The summed E-state index contributed by atoms with van der Waals surface area (Å²) in [5.41, 5.74) is 0.938. The van der Waals surface area contributed by atoms with Crippen molar-refractivity contribution in [1.29, 1.82) is 0 Å². The highest BCUT2D eigenvalue weighted by Gasteiger charge is 2.17. The Labute approximate surface area is 143 Å². The van der Waals surface area contributed by atoms with Crippen molar-refractivity contribution < 1.29 is 4.79 Å². The number of rotatable bonds is 6. The number of aromatic nitrogens is 2. The molecule has 2 aromatic rings. The second-order valence-electron chi connectivity index (χ2n) is 5.28. The Morgan fingerprint density at radius 1 is 1.36 bits per heavy atom. The van der Waals surface area contributed by atoms with Crippen LogP contribution in [0.1, 0.15) is 20.8 Å². The van der Waals surface area contributed by atoms with Gasteiger partial charge in [0, 0.05) is 6.54 Å². The normalized spacial score (nSPS) is 12.4. The number of para-hydroxylation sites is 1. The topological polar surface area (TPSA) is 46.9 Å². The Morgan fingerprint density at radius 2 is 2.05 bits per heavy atom. The third-order valence-corrected chi connectivity index (χ3v) is 5.28. The summed E-state index contributed by atoms with van der Waals surface area (Å²) < 4.78 is 3.23. The Bertz CT molecular complexity index is 679. The van der Waals surface area contributed by atoms with Crippen LogP contribution in [0, 0.1) is 9.87 Å². The highest BCUT2D eigenvalue weighted by molar-refractivity contribution is 8.02. The number of nitrogens with zero attached hydrogens (tertiary/aromatic N) is 2. The smallest absolute Gasteiger partial charge is 0.233 e. The van der Waals surface area contributed by atoms with Gasteiger partial charge in [0.25, 0.3) is 0 Å². The van der Waals surface area contributed by atoms with E-state index in [9.17, 15) is 4.79 Å². The van der Waals surface area contributed by atoms with Crippen LogP contribution in [0.3, 0.4) is 0 Å². The van der Waals surface area contributed by atoms with Gasteiger partial charge in [-0.3, -0.25) is 4.79 Å². The van der Waals surface area contributed by atoms with Crippen LogP contribution in [-0.4, -0.2) is 27.5 Å². The number of nitrogens with one attached hydrogen (secondary N) is 1. The fraction of sp³-hybridized carbons (Fsp3) is 0.400. The summed E-state index contributed by atoms with van der Waals surface area (Å²) in [6.07, 6.45) is 0. The zero-order valence-electron chi connectivity index (χ0n) is 12.8. The fourth-order valence-corrected chi connectivity index (χ4v) is 4.22. The number of benzene rings is 1. The predicted octanol–water partition coefficient (Wildman–Crippen LogP) is 3.92. The van der Waals surface area contributed by atoms with E-state index in [0.717, 1.165) is 10.0 Å². The molecule has 0 bridgehead atoms. The number of hydrogen-bond acceptors (Lipinski definition) is 5. The molecule has 0 aliphatic carbocycles. The van der Waals surface area contributed by atoms with Crippen molar-refractivity contribution in [3.63, 3.8) is 0 Å². The second kappa shape index (κ2) is 7.89. The predicted molar refractivity (Wildman–Crippen MR) is 95.4 cm³/mol. The van der Waals surface area contributed by atoms with Gasteiger partial charge < -0.3 is 5.32 Å². The van der Waals surface area contributed by atoms with Crippen molar-refractivity contribution in [3.05, 3.63) is 34.3 Å². The van der Waals surface area contributed by atoms with Crippen LogP contribution in [0.4, 0.5) is 0 Å². The number of carbonyl (C=O) groups is 1. The molecule has 1 N–H and O–H groups in total. The van der Waals surface area contributed by atoms with Crippen molar-refractivity contribution in [3.8, 4) is 5.69 Å². The van der Waals surface area contributed by atoms with E-state index in [0.29, 0.717) is 16.4 Å². The van der Waals surface area contributed by atoms with Crippen LogP contribution < -0.4 is 5.32 Å². The van der Waals surface area contributed by atoms with Gasteiger partial charge in [-0.2, -0.15) is 0 Å². The van der Waals surface area contributed by atoms with Crippen LogP contribution in [0.25, 0.3) is 5.69 Å². The zero-order chi connectivity index (χ0) is 16.1. The Kier molecular flexibility index (Phi) is 6.16. The van der Waals surface area contributed by atoms with E-state index in [1.54, 1.807) is 4.68 Å². The second-order valence-corrected chi connectivity index (χ2v) is 8.49. The summed E-state index contributed by atoms with van der Waals surface area (Å²) >= 11 is 8.23. The highest BCUT2D eigenvalue weighted by Crippen LogP contribution is 2.27. The van der Waals surface area contributed by atoms with Crippen molar-refractivity contribution in [2.75, 3.05) is 6.54 Å². The maximum atomic E-state index is 12.0. The molecule has 1 aromatic heterocycles. The summed E-state index contributed by atoms with van der Waals surface area (Å²) in [7, 11) is 0. The number of hydrogen-bond donors (Lipinski definition) is 1. The first kappa shape index (κ1) is 17.2. The standard InChI is InChI=1S/C15H19N3OS3/c1-10(2)9-16-13(19)11(3)21-14-17-18(15(20)22-14)12-7-5-4-6-8-12/h4-8,10-11H,9H2,1-3H3,(H,16,19)/t11-/m1/s1. The van der Waals surface area contributed by atoms with Gasteiger partial charge in [0.05, 0.1) is 10.9 Å². The third kappa shape index (κ3) is 4.66. The largest absolute Gasteiger partial charge is 0.355 e. The Balaban J connectivity index is 2.05. The Hall–Kier alpha value is -1.18. The maximum Gasteiger partial charge on any atom is 0.233 e. The molecule has 0 unspecified atom stereocenters. The van der Waals surface area contributed by atoms with Gasteiger partial charge in [0.2, 0.25) is 5.91 Å². The van der Waals surface area contributed by atoms with E-state index >= 15 is 0 Å². The maximum absolute atomic E-state index is 12.0. The number of amides is 1. The molecule has 1 aromatic carbocycles. The molecule has 4 nitrogen and oxygen atoms in total. The van der Waals surface area contributed by atoms with Gasteiger partial charge in [0.1, 0.15) is 0 Å². The van der Waals surface area contributed by atoms with Gasteiger partial charge >= 0.3 is 0 Å². The summed E-state index contributed by atoms with van der Waals surface area (Å²) in [6, 6.07) is 9.78. The summed E-state index contributed by atoms with van der Waals surface area (Å²) in [5.74, 6) is 0.478. The molecule has 0 spiro atoms. The lowest BCUT2D eigenvalue weighted by molar-refractivity contribution is -0.120. The number of thioether (sulfide) groups is 1. The molecular weight excluding hydrogens is 334 g/mol. The monoisotopic (exact) mass is 353 g/mol. The van der Waals surface area contributed by atoms with Crippen molar-refractivity contribution in [2.24, 2.45) is 5.92 Å². The van der Waals surface area contributed by atoms with Gasteiger partial charge in [0.15, 0.2) is 8.29 Å². The minimum Gasteiger partial charge on any atom is -0.355 e. The van der Waals surface area contributed by atoms with E-state index in [4.69, 9.17) is 12.2 Å². The fourth-order valence-electron chi connectivity index (χ4n) is 1.69. The highest BCUT2D eigenvalue weighted by atomic mass is 32.2. The molecule has 1 heterocycles. The molecule has 0 aliphatic heterocycles. The molecule has 22 heavy (non-hydrogen) atoms. The summed E-state index contributed by atoms with van der Waals surface area (Å²) in [6.45, 7) is 6.73. The minimum absolute atomic E-state index is 0.0334. The lowest BCUT2D eigenvalue weighted by Gasteiger charge is -2.11. The quantitative estimate of drug-likeness (QED) is 0.632. The molecule has 0 saturated carbocycles. The van der Waals surface area contributed by atoms with Crippen LogP contribution in [-0.2, 0) is 4.79 Å². The van der Waals surface area contributed by atoms with E-state index in [1.807, 2.05) is 37.3 Å². The minimum atomic E-state index is -0.191. The van der Waals surface area contributed by atoms with Crippen molar-refractivity contribution in [2.45, 2.75) is 30.4 Å². The third-order valence-electron chi connectivity index (χ3n) is 2.86. The lowest BCUT2D eigenvalue weighted by atomic mass is 10.2. The molecule has 0 saturated heterocycles. The first-order valence-corrected chi connectivity index (χ1v) is 9.17. The van der Waals surface area contributed by atoms with Crippen LogP contribution in [0.15, 0.2) is 34.7 Å². The van der Waals surface area contributed by atoms with E-state index in [1.165, 1.54) is 23.1 Å². The molecule has 0 fully saturated rings. The lowest BCUT2D eigenvalue weighted by Crippen LogP contribution is -2.33. The van der Waals surface area contributed by atoms with Gasteiger partial charge in [-0.05, 0) is 37.2 Å². The van der Waals surface area contributed by atoms with E-state index < -0.39 is 0 Å². The SMILES string of the molecule is CC(C)CNC(=O)[C@@H](C)Sc1nn(-c2ccccc2)c(=S)s1. The summed E-state index contributed by atoms with van der Waals surface area (Å²) in [5, 5.41) is 7.26. The van der Waals surface area contributed by atoms with Crippen molar-refractivity contribution in [1.82, 2.24) is 15.1 Å². The van der Waals surface area contributed by atoms with E-state index in [2.05, 4.69) is 24.3 Å². The molecule has 118 valence electrons.